The molecule has 0 radical (unpaired) electrons. The molecule has 1 unspecified atom stereocenters. The number of carbonyl (C=O) groups is 1. The van der Waals surface area contributed by atoms with E-state index in [0.717, 1.165) is 26.9 Å². The van der Waals surface area contributed by atoms with E-state index in [-0.39, 0.29) is 18.6 Å². The van der Waals surface area contributed by atoms with Gasteiger partial charge in [0.15, 0.2) is 6.61 Å². The minimum absolute atomic E-state index is 0.0157. The van der Waals surface area contributed by atoms with Gasteiger partial charge >= 0.3 is 0 Å². The first-order valence-electron chi connectivity index (χ1n) is 8.68. The highest BCUT2D eigenvalue weighted by molar-refractivity contribution is 9.10. The van der Waals surface area contributed by atoms with Gasteiger partial charge in [-0.15, -0.1) is 0 Å². The number of carbonyl (C=O) groups excluding carboxylic acids is 1. The zero-order valence-corrected chi connectivity index (χ0v) is 17.5. The average molecular weight is 420 g/mol. The Balaban J connectivity index is 2.04. The normalized spacial score (nSPS) is 12.0. The van der Waals surface area contributed by atoms with E-state index in [1.54, 1.807) is 7.11 Å². The van der Waals surface area contributed by atoms with E-state index in [2.05, 4.69) is 41.2 Å². The molecule has 0 saturated heterocycles. The molecule has 0 saturated carbocycles. The van der Waals surface area contributed by atoms with Crippen LogP contribution in [0.4, 0.5) is 0 Å². The van der Waals surface area contributed by atoms with Gasteiger partial charge in [0.2, 0.25) is 0 Å². The van der Waals surface area contributed by atoms with Crippen LogP contribution in [0, 0.1) is 6.92 Å². The molecule has 4 nitrogen and oxygen atoms in total. The Labute approximate surface area is 164 Å². The van der Waals surface area contributed by atoms with Crippen molar-refractivity contribution in [2.24, 2.45) is 0 Å². The molecule has 26 heavy (non-hydrogen) atoms. The number of amides is 1. The van der Waals surface area contributed by atoms with Crippen molar-refractivity contribution < 1.29 is 14.3 Å². The lowest BCUT2D eigenvalue weighted by molar-refractivity contribution is -0.123. The number of hydrogen-bond acceptors (Lipinski definition) is 3. The van der Waals surface area contributed by atoms with E-state index in [1.165, 1.54) is 0 Å². The third-order valence-electron chi connectivity index (χ3n) is 4.27. The van der Waals surface area contributed by atoms with Gasteiger partial charge in [0.05, 0.1) is 13.2 Å². The zero-order chi connectivity index (χ0) is 19.3. The molecule has 2 aromatic carbocycles. The maximum absolute atomic E-state index is 12.3. The quantitative estimate of drug-likeness (QED) is 0.674. The summed E-state index contributed by atoms with van der Waals surface area (Å²) in [5.41, 5.74) is 3.32. The van der Waals surface area contributed by atoms with Crippen LogP contribution in [0.15, 0.2) is 40.9 Å². The molecule has 1 N–H and O–H groups in total. The first kappa shape index (κ1) is 20.3. The summed E-state index contributed by atoms with van der Waals surface area (Å²) in [7, 11) is 1.69. The number of aryl methyl sites for hydroxylation is 1. The zero-order valence-electron chi connectivity index (χ0n) is 15.9. The van der Waals surface area contributed by atoms with Crippen LogP contribution in [0.1, 0.15) is 49.4 Å². The first-order valence-corrected chi connectivity index (χ1v) is 9.47. The molecule has 1 amide bonds. The van der Waals surface area contributed by atoms with Gasteiger partial charge in [0.1, 0.15) is 11.5 Å². The maximum atomic E-state index is 12.3. The number of methoxy groups -OCH3 is 1. The lowest BCUT2D eigenvalue weighted by atomic mass is 9.93. The highest BCUT2D eigenvalue weighted by Gasteiger charge is 2.17. The van der Waals surface area contributed by atoms with Crippen molar-refractivity contribution in [2.45, 2.75) is 39.7 Å². The molecular formula is C21H26BrNO3. The molecule has 5 heteroatoms. The van der Waals surface area contributed by atoms with Crippen LogP contribution in [0.2, 0.25) is 0 Å². The molecule has 0 aliphatic heterocycles. The van der Waals surface area contributed by atoms with E-state index < -0.39 is 0 Å². The molecular weight excluding hydrogens is 394 g/mol. The van der Waals surface area contributed by atoms with E-state index in [1.807, 2.05) is 44.2 Å². The fraction of sp³-hybridized carbons (Fsp3) is 0.381. The van der Waals surface area contributed by atoms with Crippen LogP contribution >= 0.6 is 15.9 Å². The highest BCUT2D eigenvalue weighted by atomic mass is 79.9. The summed E-state index contributed by atoms with van der Waals surface area (Å²) in [4.78, 5) is 12.3. The number of hydrogen-bond donors (Lipinski definition) is 1. The van der Waals surface area contributed by atoms with Gasteiger partial charge < -0.3 is 14.8 Å². The summed E-state index contributed by atoms with van der Waals surface area (Å²) in [6.45, 7) is 8.26. The highest BCUT2D eigenvalue weighted by Crippen LogP contribution is 2.32. The van der Waals surface area contributed by atoms with Crippen LogP contribution in [0.3, 0.4) is 0 Å². The van der Waals surface area contributed by atoms with Gasteiger partial charge in [0.25, 0.3) is 5.91 Å². The van der Waals surface area contributed by atoms with Crippen molar-refractivity contribution in [1.82, 2.24) is 5.32 Å². The van der Waals surface area contributed by atoms with Crippen LogP contribution in [-0.4, -0.2) is 19.6 Å². The molecule has 0 aromatic heterocycles. The molecule has 0 aliphatic carbocycles. The van der Waals surface area contributed by atoms with Crippen molar-refractivity contribution in [3.63, 3.8) is 0 Å². The van der Waals surface area contributed by atoms with Crippen LogP contribution in [0.25, 0.3) is 0 Å². The summed E-state index contributed by atoms with van der Waals surface area (Å²) < 4.78 is 12.0. The van der Waals surface area contributed by atoms with Gasteiger partial charge in [0, 0.05) is 4.47 Å². The number of benzene rings is 2. The second-order valence-corrected chi connectivity index (χ2v) is 7.55. The van der Waals surface area contributed by atoms with Crippen molar-refractivity contribution in [1.29, 1.82) is 0 Å². The summed E-state index contributed by atoms with van der Waals surface area (Å²) in [5.74, 6) is 1.74. The third kappa shape index (κ3) is 5.24. The van der Waals surface area contributed by atoms with Gasteiger partial charge in [-0.05, 0) is 72.9 Å². The second kappa shape index (κ2) is 9.08. The lowest BCUT2D eigenvalue weighted by Crippen LogP contribution is -2.31. The van der Waals surface area contributed by atoms with Crippen molar-refractivity contribution >= 4 is 21.8 Å². The SMILES string of the molecule is COc1cc(C)c(C(C)NC(=O)COc2ccc(Br)cc2)cc1C(C)C. The minimum atomic E-state index is -0.151. The van der Waals surface area contributed by atoms with Gasteiger partial charge in [-0.25, -0.2) is 0 Å². The topological polar surface area (TPSA) is 47.6 Å². The van der Waals surface area contributed by atoms with Crippen molar-refractivity contribution in [3.05, 3.63) is 57.6 Å². The minimum Gasteiger partial charge on any atom is -0.496 e. The number of ether oxygens (including phenoxy) is 2. The van der Waals surface area contributed by atoms with Crippen LogP contribution in [-0.2, 0) is 4.79 Å². The molecule has 2 rings (SSSR count). The molecule has 2 aromatic rings. The Morgan fingerprint density at radius 1 is 1.12 bits per heavy atom. The Hall–Kier alpha value is -2.01. The Morgan fingerprint density at radius 2 is 1.77 bits per heavy atom. The van der Waals surface area contributed by atoms with Gasteiger partial charge in [-0.3, -0.25) is 4.79 Å². The summed E-state index contributed by atoms with van der Waals surface area (Å²) in [6.07, 6.45) is 0. The predicted octanol–water partition coefficient (Wildman–Crippen LogP) is 5.15. The van der Waals surface area contributed by atoms with Gasteiger partial charge in [-0.2, -0.15) is 0 Å². The number of rotatable bonds is 7. The number of halogens is 1. The number of nitrogens with one attached hydrogen (secondary N) is 1. The van der Waals surface area contributed by atoms with E-state index in [4.69, 9.17) is 9.47 Å². The van der Waals surface area contributed by atoms with Gasteiger partial charge in [-0.1, -0.05) is 29.8 Å². The molecule has 0 bridgehead atoms. The van der Waals surface area contributed by atoms with E-state index in [9.17, 15) is 4.79 Å². The summed E-state index contributed by atoms with van der Waals surface area (Å²) in [6, 6.07) is 11.4. The fourth-order valence-corrected chi connectivity index (χ4v) is 3.12. The molecule has 0 spiro atoms. The van der Waals surface area contributed by atoms with Crippen molar-refractivity contribution in [2.75, 3.05) is 13.7 Å². The maximum Gasteiger partial charge on any atom is 0.258 e. The standard InChI is InChI=1S/C21H26BrNO3/c1-13(2)18-11-19(14(3)10-20(18)25-5)15(4)23-21(24)12-26-17-8-6-16(22)7-9-17/h6-11,13,15H,12H2,1-5H3,(H,23,24). The van der Waals surface area contributed by atoms with Crippen molar-refractivity contribution in [3.8, 4) is 11.5 Å². The second-order valence-electron chi connectivity index (χ2n) is 6.64. The fourth-order valence-electron chi connectivity index (χ4n) is 2.85. The molecule has 140 valence electrons. The third-order valence-corrected chi connectivity index (χ3v) is 4.80. The molecule has 1 atom stereocenters. The monoisotopic (exact) mass is 419 g/mol. The average Bonchev–Trinajstić information content (AvgIpc) is 2.60. The molecule has 0 aliphatic rings. The Kier molecular flexibility index (Phi) is 7.09. The lowest BCUT2D eigenvalue weighted by Gasteiger charge is -2.21. The predicted molar refractivity (Wildman–Crippen MR) is 108 cm³/mol. The van der Waals surface area contributed by atoms with Crippen LogP contribution in [0.5, 0.6) is 11.5 Å². The van der Waals surface area contributed by atoms with E-state index >= 15 is 0 Å². The van der Waals surface area contributed by atoms with Crippen LogP contribution < -0.4 is 14.8 Å². The molecule has 0 heterocycles. The van der Waals surface area contributed by atoms with E-state index in [0.29, 0.717) is 11.7 Å². The Morgan fingerprint density at radius 3 is 2.35 bits per heavy atom. The summed E-state index contributed by atoms with van der Waals surface area (Å²) >= 11 is 3.37. The largest absolute Gasteiger partial charge is 0.496 e. The smallest absolute Gasteiger partial charge is 0.258 e. The first-order chi connectivity index (χ1) is 12.3. The molecule has 0 fully saturated rings. The summed E-state index contributed by atoms with van der Waals surface area (Å²) in [5, 5.41) is 3.01. The Bertz CT molecular complexity index is 757.